The number of halogens is 1. The molecule has 0 spiro atoms. The molecule has 1 aliphatic heterocycles. The molecule has 2 rings (SSSR count). The van der Waals surface area contributed by atoms with Gasteiger partial charge in [-0.1, -0.05) is 0 Å². The van der Waals surface area contributed by atoms with Gasteiger partial charge < -0.3 is 15.0 Å². The first-order valence-electron chi connectivity index (χ1n) is 5.14. The number of nitrogens with one attached hydrogen (secondary N) is 1. The Morgan fingerprint density at radius 3 is 3.00 bits per heavy atom. The molecular weight excluding hydrogens is 228 g/mol. The van der Waals surface area contributed by atoms with Gasteiger partial charge in [0.25, 0.3) is 0 Å². The van der Waals surface area contributed by atoms with E-state index in [0.29, 0.717) is 11.9 Å². The number of rotatable bonds is 2. The lowest BCUT2D eigenvalue weighted by Crippen LogP contribution is -2.50. The van der Waals surface area contributed by atoms with E-state index in [0.717, 1.165) is 25.5 Å². The Kier molecular flexibility index (Phi) is 4.76. The fourth-order valence-corrected chi connectivity index (χ4v) is 1.78. The van der Waals surface area contributed by atoms with Crippen molar-refractivity contribution in [3.63, 3.8) is 0 Å². The molecule has 6 heteroatoms. The zero-order chi connectivity index (χ0) is 10.7. The Hall–Kier alpha value is -1.07. The maximum atomic E-state index is 5.09. The first-order chi connectivity index (χ1) is 7.31. The van der Waals surface area contributed by atoms with Crippen LogP contribution in [-0.4, -0.2) is 42.8 Å². The lowest BCUT2D eigenvalue weighted by atomic mass is 10.2. The Morgan fingerprint density at radius 2 is 2.31 bits per heavy atom. The number of nitrogens with zero attached hydrogens (tertiary/aromatic N) is 3. The van der Waals surface area contributed by atoms with Crippen molar-refractivity contribution in [1.29, 1.82) is 0 Å². The molecular formula is C10H17ClN4O. The molecule has 16 heavy (non-hydrogen) atoms. The lowest BCUT2D eigenvalue weighted by Gasteiger charge is -2.34. The summed E-state index contributed by atoms with van der Waals surface area (Å²) in [5.74, 6) is 1.56. The van der Waals surface area contributed by atoms with E-state index in [1.165, 1.54) is 0 Å². The molecule has 0 radical (unpaired) electrons. The van der Waals surface area contributed by atoms with Gasteiger partial charge in [0.1, 0.15) is 12.1 Å². The fraction of sp³-hybridized carbons (Fsp3) is 0.600. The number of piperazine rings is 1. The normalized spacial score (nSPS) is 20.1. The quantitative estimate of drug-likeness (QED) is 0.830. The van der Waals surface area contributed by atoms with Crippen LogP contribution in [0.2, 0.25) is 0 Å². The van der Waals surface area contributed by atoms with Crippen LogP contribution < -0.4 is 15.0 Å². The van der Waals surface area contributed by atoms with Crippen molar-refractivity contribution < 1.29 is 4.74 Å². The highest BCUT2D eigenvalue weighted by Crippen LogP contribution is 2.18. The molecule has 1 saturated heterocycles. The van der Waals surface area contributed by atoms with Crippen molar-refractivity contribution in [2.45, 2.75) is 13.0 Å². The highest BCUT2D eigenvalue weighted by Gasteiger charge is 2.19. The zero-order valence-electron chi connectivity index (χ0n) is 9.51. The molecule has 0 amide bonds. The van der Waals surface area contributed by atoms with Gasteiger partial charge in [-0.05, 0) is 6.92 Å². The standard InChI is InChI=1S/C10H16N4O.ClH/c1-8-6-11-3-4-14(8)9-5-10(15-2)13-7-12-9;/h5,7-8,11H,3-4,6H2,1-2H3;1H/t8-;/m0./s1. The van der Waals surface area contributed by atoms with Crippen LogP contribution >= 0.6 is 12.4 Å². The summed E-state index contributed by atoms with van der Waals surface area (Å²) in [6.45, 7) is 5.14. The summed E-state index contributed by atoms with van der Waals surface area (Å²) in [5.41, 5.74) is 0. The van der Waals surface area contributed by atoms with Crippen LogP contribution in [0.1, 0.15) is 6.92 Å². The number of methoxy groups -OCH3 is 1. The minimum absolute atomic E-state index is 0. The monoisotopic (exact) mass is 244 g/mol. The fourth-order valence-electron chi connectivity index (χ4n) is 1.78. The first kappa shape index (κ1) is 13.0. The van der Waals surface area contributed by atoms with Gasteiger partial charge >= 0.3 is 0 Å². The van der Waals surface area contributed by atoms with Crippen molar-refractivity contribution in [3.05, 3.63) is 12.4 Å². The number of anilines is 1. The summed E-state index contributed by atoms with van der Waals surface area (Å²) in [6.07, 6.45) is 1.54. The maximum Gasteiger partial charge on any atom is 0.218 e. The van der Waals surface area contributed by atoms with Gasteiger partial charge in [0.15, 0.2) is 0 Å². The molecule has 1 fully saturated rings. The smallest absolute Gasteiger partial charge is 0.218 e. The van der Waals surface area contributed by atoms with Crippen molar-refractivity contribution in [1.82, 2.24) is 15.3 Å². The second-order valence-electron chi connectivity index (χ2n) is 3.67. The number of ether oxygens (including phenoxy) is 1. The molecule has 0 aliphatic carbocycles. The largest absolute Gasteiger partial charge is 0.481 e. The molecule has 0 saturated carbocycles. The summed E-state index contributed by atoms with van der Waals surface area (Å²) >= 11 is 0. The van der Waals surface area contributed by atoms with Crippen LogP contribution in [0.25, 0.3) is 0 Å². The molecule has 1 atom stereocenters. The Bertz CT molecular complexity index is 336. The van der Waals surface area contributed by atoms with Crippen molar-refractivity contribution in [2.24, 2.45) is 0 Å². The minimum Gasteiger partial charge on any atom is -0.481 e. The molecule has 90 valence electrons. The van der Waals surface area contributed by atoms with Gasteiger partial charge in [0.2, 0.25) is 5.88 Å². The second-order valence-corrected chi connectivity index (χ2v) is 3.67. The van der Waals surface area contributed by atoms with E-state index in [2.05, 4.69) is 27.1 Å². The Labute approximate surface area is 102 Å². The molecule has 5 nitrogen and oxygen atoms in total. The van der Waals surface area contributed by atoms with E-state index in [4.69, 9.17) is 4.74 Å². The summed E-state index contributed by atoms with van der Waals surface area (Å²) in [6, 6.07) is 2.33. The number of hydrogen-bond acceptors (Lipinski definition) is 5. The second kappa shape index (κ2) is 5.86. The van der Waals surface area contributed by atoms with Gasteiger partial charge in [-0.15, -0.1) is 12.4 Å². The summed E-state index contributed by atoms with van der Waals surface area (Å²) < 4.78 is 5.09. The van der Waals surface area contributed by atoms with Crippen LogP contribution in [0.3, 0.4) is 0 Å². The SMILES string of the molecule is COc1cc(N2CCNC[C@@H]2C)ncn1.Cl. The average Bonchev–Trinajstić information content (AvgIpc) is 2.30. The van der Waals surface area contributed by atoms with Crippen LogP contribution in [0.4, 0.5) is 5.82 Å². The number of hydrogen-bond donors (Lipinski definition) is 1. The highest BCUT2D eigenvalue weighted by atomic mass is 35.5. The molecule has 1 aliphatic rings. The minimum atomic E-state index is 0. The van der Waals surface area contributed by atoms with Gasteiger partial charge in [-0.2, -0.15) is 0 Å². The van der Waals surface area contributed by atoms with Gasteiger partial charge in [0.05, 0.1) is 7.11 Å². The van der Waals surface area contributed by atoms with Crippen molar-refractivity contribution in [3.8, 4) is 5.88 Å². The van der Waals surface area contributed by atoms with Crippen molar-refractivity contribution >= 4 is 18.2 Å². The Balaban J connectivity index is 0.00000128. The van der Waals surface area contributed by atoms with Crippen LogP contribution in [0, 0.1) is 0 Å². The van der Waals surface area contributed by atoms with Crippen LogP contribution in [-0.2, 0) is 0 Å². The van der Waals surface area contributed by atoms with E-state index >= 15 is 0 Å². The average molecular weight is 245 g/mol. The van der Waals surface area contributed by atoms with Gasteiger partial charge in [-0.25, -0.2) is 9.97 Å². The third-order valence-electron chi connectivity index (χ3n) is 2.63. The topological polar surface area (TPSA) is 50.3 Å². The van der Waals surface area contributed by atoms with Gasteiger partial charge in [0, 0.05) is 31.7 Å². The first-order valence-corrected chi connectivity index (χ1v) is 5.14. The summed E-state index contributed by atoms with van der Waals surface area (Å²) in [4.78, 5) is 10.5. The predicted molar refractivity (Wildman–Crippen MR) is 65.5 cm³/mol. The predicted octanol–water partition coefficient (Wildman–Crippen LogP) is 0.705. The molecule has 1 aromatic rings. The summed E-state index contributed by atoms with van der Waals surface area (Å²) in [7, 11) is 1.62. The summed E-state index contributed by atoms with van der Waals surface area (Å²) in [5, 5.41) is 3.35. The molecule has 0 bridgehead atoms. The third kappa shape index (κ3) is 2.74. The highest BCUT2D eigenvalue weighted by molar-refractivity contribution is 5.85. The Morgan fingerprint density at radius 1 is 1.50 bits per heavy atom. The van der Waals surface area contributed by atoms with E-state index in [1.54, 1.807) is 13.4 Å². The zero-order valence-corrected chi connectivity index (χ0v) is 10.3. The number of aromatic nitrogens is 2. The molecule has 2 heterocycles. The van der Waals surface area contributed by atoms with Crippen molar-refractivity contribution in [2.75, 3.05) is 31.6 Å². The van der Waals surface area contributed by atoms with E-state index < -0.39 is 0 Å². The van der Waals surface area contributed by atoms with Crippen LogP contribution in [0.5, 0.6) is 5.88 Å². The van der Waals surface area contributed by atoms with E-state index in [9.17, 15) is 0 Å². The third-order valence-corrected chi connectivity index (χ3v) is 2.63. The van der Waals surface area contributed by atoms with Gasteiger partial charge in [-0.3, -0.25) is 0 Å². The lowest BCUT2D eigenvalue weighted by molar-refractivity contribution is 0.396. The molecule has 0 aromatic carbocycles. The van der Waals surface area contributed by atoms with E-state index in [-0.39, 0.29) is 12.4 Å². The van der Waals surface area contributed by atoms with E-state index in [1.807, 2.05) is 6.07 Å². The molecule has 0 unspecified atom stereocenters. The molecule has 1 N–H and O–H groups in total. The van der Waals surface area contributed by atoms with Crippen LogP contribution in [0.15, 0.2) is 12.4 Å². The maximum absolute atomic E-state index is 5.09. The molecule has 1 aromatic heterocycles.